The van der Waals surface area contributed by atoms with Gasteiger partial charge in [0.15, 0.2) is 0 Å². The summed E-state index contributed by atoms with van der Waals surface area (Å²) in [5.41, 5.74) is 0. The van der Waals surface area contributed by atoms with E-state index in [0.717, 1.165) is 0 Å². The fourth-order valence-corrected chi connectivity index (χ4v) is 0.678. The van der Waals surface area contributed by atoms with E-state index in [1.807, 2.05) is 0 Å². The van der Waals surface area contributed by atoms with Crippen LogP contribution < -0.4 is 5.32 Å². The molecule has 1 nitrogen and oxygen atoms in total. The summed E-state index contributed by atoms with van der Waals surface area (Å²) in [5, 5.41) is 3.25. The molecular weight excluding hydrogens is 125 g/mol. The van der Waals surface area contributed by atoms with Crippen molar-refractivity contribution in [3.05, 3.63) is 6.42 Å². The van der Waals surface area contributed by atoms with Gasteiger partial charge in [-0.05, 0) is 13.1 Å². The Balaban J connectivity index is 0.000000360. The van der Waals surface area contributed by atoms with Gasteiger partial charge < -0.3 is 11.7 Å². The molecule has 0 aromatic carbocycles. The molecule has 1 N–H and O–H groups in total. The molecule has 1 radical (unpaired) electrons. The van der Waals surface area contributed by atoms with E-state index in [4.69, 9.17) is 0 Å². The van der Waals surface area contributed by atoms with Crippen molar-refractivity contribution in [3.63, 3.8) is 0 Å². The van der Waals surface area contributed by atoms with E-state index in [1.165, 1.54) is 25.9 Å². The van der Waals surface area contributed by atoms with Gasteiger partial charge in [0.05, 0.1) is 0 Å². The predicted octanol–water partition coefficient (Wildman–Crippen LogP) is 0.572. The van der Waals surface area contributed by atoms with Gasteiger partial charge in [-0.15, -0.1) is 0 Å². The SMILES string of the molecule is [CH-]1CCNCC1.[V]. The Morgan fingerprint density at radius 3 is 1.86 bits per heavy atom. The van der Waals surface area contributed by atoms with Crippen molar-refractivity contribution < 1.29 is 18.6 Å². The first-order chi connectivity index (χ1) is 3.00. The Morgan fingerprint density at radius 2 is 1.71 bits per heavy atom. The molecule has 0 amide bonds. The molecule has 1 aliphatic rings. The Labute approximate surface area is 56.8 Å². The standard InChI is InChI=1S/C5H10N.V/c1-2-4-6-5-3-1;/h1,6H,2-5H2;/q-1;. The summed E-state index contributed by atoms with van der Waals surface area (Å²) in [6.45, 7) is 2.39. The van der Waals surface area contributed by atoms with Gasteiger partial charge in [0.2, 0.25) is 0 Å². The zero-order valence-electron chi connectivity index (χ0n) is 4.35. The van der Waals surface area contributed by atoms with Gasteiger partial charge in [0.1, 0.15) is 0 Å². The molecule has 41 valence electrons. The molecule has 1 aliphatic heterocycles. The molecule has 0 aromatic heterocycles. The Hall–Kier alpha value is 0.544. The van der Waals surface area contributed by atoms with Crippen LogP contribution in [0.5, 0.6) is 0 Å². The largest absolute Gasteiger partial charge is 0.326 e. The molecule has 7 heavy (non-hydrogen) atoms. The summed E-state index contributed by atoms with van der Waals surface area (Å²) in [6.07, 6.45) is 4.86. The second-order valence-corrected chi connectivity index (χ2v) is 1.62. The molecule has 0 aromatic rings. The van der Waals surface area contributed by atoms with Crippen LogP contribution in [0, 0.1) is 6.42 Å². The molecule has 2 heteroatoms. The molecule has 0 saturated carbocycles. The van der Waals surface area contributed by atoms with E-state index in [9.17, 15) is 0 Å². The number of rotatable bonds is 0. The minimum absolute atomic E-state index is 0. The first-order valence-corrected chi connectivity index (χ1v) is 2.52. The monoisotopic (exact) mass is 135 g/mol. The van der Waals surface area contributed by atoms with Crippen LogP contribution >= 0.6 is 0 Å². The van der Waals surface area contributed by atoms with Crippen molar-refractivity contribution in [2.24, 2.45) is 0 Å². The van der Waals surface area contributed by atoms with E-state index in [2.05, 4.69) is 11.7 Å². The second kappa shape index (κ2) is 4.70. The predicted molar refractivity (Wildman–Crippen MR) is 26.4 cm³/mol. The molecule has 1 saturated heterocycles. The Kier molecular flexibility index (Phi) is 5.06. The quantitative estimate of drug-likeness (QED) is 0.479. The maximum atomic E-state index is 3.25. The van der Waals surface area contributed by atoms with Crippen LogP contribution in [0.2, 0.25) is 0 Å². The molecule has 0 atom stereocenters. The fourth-order valence-electron chi connectivity index (χ4n) is 0.678. The minimum Gasteiger partial charge on any atom is -0.326 e. The average Bonchev–Trinajstić information content (AvgIpc) is 1.72. The van der Waals surface area contributed by atoms with Crippen LogP contribution in [0.25, 0.3) is 0 Å². The molecule has 1 heterocycles. The second-order valence-electron chi connectivity index (χ2n) is 1.62. The first kappa shape index (κ1) is 7.54. The summed E-state index contributed by atoms with van der Waals surface area (Å²) >= 11 is 0. The van der Waals surface area contributed by atoms with E-state index < -0.39 is 0 Å². The maximum absolute atomic E-state index is 3.25. The van der Waals surface area contributed by atoms with Gasteiger partial charge in [0, 0.05) is 18.6 Å². The zero-order valence-corrected chi connectivity index (χ0v) is 5.75. The molecule has 0 aliphatic carbocycles. The summed E-state index contributed by atoms with van der Waals surface area (Å²) in [4.78, 5) is 0. The average molecular weight is 135 g/mol. The van der Waals surface area contributed by atoms with Gasteiger partial charge in [0.25, 0.3) is 0 Å². The third-order valence-electron chi connectivity index (χ3n) is 1.05. The minimum atomic E-state index is 0. The zero-order chi connectivity index (χ0) is 4.24. The van der Waals surface area contributed by atoms with Crippen molar-refractivity contribution in [1.82, 2.24) is 5.32 Å². The number of piperidine rings is 1. The number of hydrogen-bond acceptors (Lipinski definition) is 1. The van der Waals surface area contributed by atoms with Crippen LogP contribution in [0.4, 0.5) is 0 Å². The third kappa shape index (κ3) is 3.16. The molecule has 0 bridgehead atoms. The summed E-state index contributed by atoms with van der Waals surface area (Å²) in [6, 6.07) is 0. The number of hydrogen-bond donors (Lipinski definition) is 1. The molecule has 0 spiro atoms. The van der Waals surface area contributed by atoms with E-state index >= 15 is 0 Å². The molecule has 0 unspecified atom stereocenters. The van der Waals surface area contributed by atoms with Gasteiger partial charge in [-0.3, -0.25) is 0 Å². The van der Waals surface area contributed by atoms with Gasteiger partial charge in [-0.1, -0.05) is 0 Å². The molecule has 1 rings (SSSR count). The summed E-state index contributed by atoms with van der Waals surface area (Å²) in [5.74, 6) is 0. The normalized spacial score (nSPS) is 20.6. The summed E-state index contributed by atoms with van der Waals surface area (Å²) < 4.78 is 0. The van der Waals surface area contributed by atoms with E-state index in [0.29, 0.717) is 0 Å². The van der Waals surface area contributed by atoms with E-state index in [1.54, 1.807) is 0 Å². The van der Waals surface area contributed by atoms with Gasteiger partial charge in [-0.25, -0.2) is 0 Å². The first-order valence-electron chi connectivity index (χ1n) is 2.52. The van der Waals surface area contributed by atoms with Gasteiger partial charge >= 0.3 is 0 Å². The van der Waals surface area contributed by atoms with Crippen LogP contribution in [0.1, 0.15) is 12.8 Å². The van der Waals surface area contributed by atoms with Crippen LogP contribution in [-0.4, -0.2) is 13.1 Å². The van der Waals surface area contributed by atoms with Crippen molar-refractivity contribution in [3.8, 4) is 0 Å². The van der Waals surface area contributed by atoms with Crippen LogP contribution in [0.15, 0.2) is 0 Å². The van der Waals surface area contributed by atoms with Crippen LogP contribution in [0.3, 0.4) is 0 Å². The smallest absolute Gasteiger partial charge is 0 e. The fraction of sp³-hybridized carbons (Fsp3) is 0.800. The maximum Gasteiger partial charge on any atom is 0 e. The van der Waals surface area contributed by atoms with Crippen LogP contribution in [-0.2, 0) is 18.6 Å². The number of nitrogens with one attached hydrogen (secondary N) is 1. The summed E-state index contributed by atoms with van der Waals surface area (Å²) in [7, 11) is 0. The Bertz CT molecular complexity index is 23.6. The van der Waals surface area contributed by atoms with Crippen molar-refractivity contribution in [2.45, 2.75) is 12.8 Å². The van der Waals surface area contributed by atoms with Crippen molar-refractivity contribution >= 4 is 0 Å². The topological polar surface area (TPSA) is 12.0 Å². The third-order valence-corrected chi connectivity index (χ3v) is 1.05. The van der Waals surface area contributed by atoms with Crippen molar-refractivity contribution in [2.75, 3.05) is 13.1 Å². The van der Waals surface area contributed by atoms with E-state index in [-0.39, 0.29) is 18.6 Å². The molecule has 1 fully saturated rings. The molecular formula is C5H10NV-. The van der Waals surface area contributed by atoms with Gasteiger partial charge in [-0.2, -0.15) is 12.8 Å². The Morgan fingerprint density at radius 1 is 1.14 bits per heavy atom. The van der Waals surface area contributed by atoms with Crippen molar-refractivity contribution in [1.29, 1.82) is 0 Å².